The monoisotopic (exact) mass is 159 g/mol. The van der Waals surface area contributed by atoms with Crippen LogP contribution in [0, 0.1) is 6.92 Å². The van der Waals surface area contributed by atoms with E-state index in [4.69, 9.17) is 16.7 Å². The number of pyridine rings is 1. The average Bonchev–Trinajstić information content (AvgIpc) is 2.00. The molecule has 0 saturated heterocycles. The molecule has 10 heavy (non-hydrogen) atoms. The fraction of sp³-hybridized carbons (Fsp3) is 0.286. The van der Waals surface area contributed by atoms with Crippen molar-refractivity contribution in [2.24, 2.45) is 0 Å². The number of nitrogens with zero attached hydrogens (tertiary/aromatic N) is 1. The third-order valence-corrected chi connectivity index (χ3v) is 1.10. The van der Waals surface area contributed by atoms with E-state index in [1.165, 1.54) is 0 Å². The Morgan fingerprint density at radius 3 is 2.30 bits per heavy atom. The number of aromatic nitrogens is 1. The third kappa shape index (κ3) is 3.43. The predicted molar refractivity (Wildman–Crippen MR) is 42.1 cm³/mol. The molecule has 1 aromatic heterocycles. The highest BCUT2D eigenvalue weighted by molar-refractivity contribution is 6.29. The standard InChI is InChI=1S/C6H6ClN.CH4O/c1-5-2-3-6(7)8-4-5;1-2/h2-4H,1H3;2H,1H3. The Labute approximate surface area is 65.5 Å². The highest BCUT2D eigenvalue weighted by Gasteiger charge is 1.83. The third-order valence-electron chi connectivity index (χ3n) is 0.875. The fourth-order valence-corrected chi connectivity index (χ4v) is 0.562. The molecule has 56 valence electrons. The van der Waals surface area contributed by atoms with Crippen molar-refractivity contribution in [1.82, 2.24) is 4.98 Å². The number of aryl methyl sites for hydroxylation is 1. The zero-order valence-electron chi connectivity index (χ0n) is 6.00. The van der Waals surface area contributed by atoms with Crippen molar-refractivity contribution in [3.63, 3.8) is 0 Å². The minimum absolute atomic E-state index is 0.551. The lowest BCUT2D eigenvalue weighted by atomic mass is 10.3. The Balaban J connectivity index is 0.000000371. The van der Waals surface area contributed by atoms with Crippen LogP contribution in [0.15, 0.2) is 18.3 Å². The molecular formula is C7H10ClNO. The van der Waals surface area contributed by atoms with Gasteiger partial charge in [0.05, 0.1) is 0 Å². The maximum Gasteiger partial charge on any atom is 0.129 e. The highest BCUT2D eigenvalue weighted by atomic mass is 35.5. The Bertz CT molecular complexity index is 152. The molecular weight excluding hydrogens is 150 g/mol. The summed E-state index contributed by atoms with van der Waals surface area (Å²) in [5.41, 5.74) is 1.13. The molecule has 0 radical (unpaired) electrons. The molecule has 1 N–H and O–H groups in total. The summed E-state index contributed by atoms with van der Waals surface area (Å²) in [6.07, 6.45) is 1.74. The first-order valence-corrected chi connectivity index (χ1v) is 3.20. The number of aliphatic hydroxyl groups excluding tert-OH is 1. The lowest BCUT2D eigenvalue weighted by molar-refractivity contribution is 0.399. The van der Waals surface area contributed by atoms with E-state index in [2.05, 4.69) is 4.98 Å². The molecule has 0 aliphatic heterocycles. The molecule has 0 spiro atoms. The largest absolute Gasteiger partial charge is 0.400 e. The number of aliphatic hydroxyl groups is 1. The summed E-state index contributed by atoms with van der Waals surface area (Å²) in [4.78, 5) is 3.84. The summed E-state index contributed by atoms with van der Waals surface area (Å²) in [7, 11) is 1.00. The van der Waals surface area contributed by atoms with E-state index in [0.29, 0.717) is 5.15 Å². The van der Waals surface area contributed by atoms with Gasteiger partial charge >= 0.3 is 0 Å². The predicted octanol–water partition coefficient (Wildman–Crippen LogP) is 1.65. The van der Waals surface area contributed by atoms with Crippen molar-refractivity contribution in [3.05, 3.63) is 29.0 Å². The first kappa shape index (κ1) is 9.40. The van der Waals surface area contributed by atoms with Crippen LogP contribution in [0.3, 0.4) is 0 Å². The molecule has 0 atom stereocenters. The molecule has 2 nitrogen and oxygen atoms in total. The highest BCUT2D eigenvalue weighted by Crippen LogP contribution is 2.02. The van der Waals surface area contributed by atoms with Gasteiger partial charge in [0, 0.05) is 13.3 Å². The lowest BCUT2D eigenvalue weighted by Gasteiger charge is -1.87. The van der Waals surface area contributed by atoms with Crippen LogP contribution in [0.4, 0.5) is 0 Å². The first-order valence-electron chi connectivity index (χ1n) is 2.82. The van der Waals surface area contributed by atoms with Gasteiger partial charge in [-0.05, 0) is 18.6 Å². The SMILES string of the molecule is CO.Cc1ccc(Cl)nc1. The van der Waals surface area contributed by atoms with Crippen molar-refractivity contribution in [1.29, 1.82) is 0 Å². The number of hydrogen-bond donors (Lipinski definition) is 1. The van der Waals surface area contributed by atoms with Crippen LogP contribution in [0.1, 0.15) is 5.56 Å². The fourth-order valence-electron chi connectivity index (χ4n) is 0.450. The second-order valence-corrected chi connectivity index (χ2v) is 2.05. The van der Waals surface area contributed by atoms with Crippen molar-refractivity contribution in [2.45, 2.75) is 6.92 Å². The van der Waals surface area contributed by atoms with Crippen molar-refractivity contribution >= 4 is 11.6 Å². The van der Waals surface area contributed by atoms with Crippen LogP contribution in [0.5, 0.6) is 0 Å². The average molecular weight is 160 g/mol. The molecule has 0 saturated carbocycles. The molecule has 0 aliphatic carbocycles. The van der Waals surface area contributed by atoms with Crippen molar-refractivity contribution < 1.29 is 5.11 Å². The van der Waals surface area contributed by atoms with E-state index >= 15 is 0 Å². The normalized spacial score (nSPS) is 8.00. The van der Waals surface area contributed by atoms with E-state index in [1.807, 2.05) is 13.0 Å². The summed E-state index contributed by atoms with van der Waals surface area (Å²) in [5, 5.41) is 7.55. The van der Waals surface area contributed by atoms with Crippen LogP contribution >= 0.6 is 11.6 Å². The first-order chi connectivity index (χ1) is 4.79. The van der Waals surface area contributed by atoms with Crippen LogP contribution in [-0.4, -0.2) is 17.2 Å². The van der Waals surface area contributed by atoms with E-state index in [-0.39, 0.29) is 0 Å². The summed E-state index contributed by atoms with van der Waals surface area (Å²) in [5.74, 6) is 0. The van der Waals surface area contributed by atoms with Gasteiger partial charge in [-0.3, -0.25) is 0 Å². The Kier molecular flexibility index (Phi) is 4.89. The van der Waals surface area contributed by atoms with Crippen LogP contribution in [0.2, 0.25) is 5.15 Å². The maximum absolute atomic E-state index is 7.00. The Morgan fingerprint density at radius 2 is 2.00 bits per heavy atom. The van der Waals surface area contributed by atoms with Crippen LogP contribution < -0.4 is 0 Å². The number of halogens is 1. The van der Waals surface area contributed by atoms with Gasteiger partial charge in [-0.2, -0.15) is 0 Å². The van der Waals surface area contributed by atoms with Gasteiger partial charge in [0.2, 0.25) is 0 Å². The van der Waals surface area contributed by atoms with Gasteiger partial charge < -0.3 is 5.11 Å². The zero-order chi connectivity index (χ0) is 7.98. The van der Waals surface area contributed by atoms with Crippen molar-refractivity contribution in [2.75, 3.05) is 7.11 Å². The molecule has 0 fully saturated rings. The summed E-state index contributed by atoms with van der Waals surface area (Å²) in [6, 6.07) is 3.70. The smallest absolute Gasteiger partial charge is 0.129 e. The quantitative estimate of drug-likeness (QED) is 0.584. The van der Waals surface area contributed by atoms with Crippen LogP contribution in [-0.2, 0) is 0 Å². The molecule has 0 aromatic carbocycles. The van der Waals surface area contributed by atoms with Crippen molar-refractivity contribution in [3.8, 4) is 0 Å². The van der Waals surface area contributed by atoms with Gasteiger partial charge in [-0.1, -0.05) is 17.7 Å². The summed E-state index contributed by atoms with van der Waals surface area (Å²) < 4.78 is 0. The zero-order valence-corrected chi connectivity index (χ0v) is 6.76. The molecule has 0 aliphatic rings. The molecule has 1 aromatic rings. The Hall–Kier alpha value is -0.600. The van der Waals surface area contributed by atoms with Gasteiger partial charge in [-0.25, -0.2) is 4.98 Å². The topological polar surface area (TPSA) is 33.1 Å². The summed E-state index contributed by atoms with van der Waals surface area (Å²) in [6.45, 7) is 1.98. The van der Waals surface area contributed by atoms with E-state index in [1.54, 1.807) is 12.3 Å². The summed E-state index contributed by atoms with van der Waals surface area (Å²) >= 11 is 5.50. The van der Waals surface area contributed by atoms with Gasteiger partial charge in [0.25, 0.3) is 0 Å². The van der Waals surface area contributed by atoms with E-state index in [0.717, 1.165) is 12.7 Å². The molecule has 0 unspecified atom stereocenters. The number of rotatable bonds is 0. The van der Waals surface area contributed by atoms with E-state index < -0.39 is 0 Å². The van der Waals surface area contributed by atoms with Gasteiger partial charge in [0.15, 0.2) is 0 Å². The maximum atomic E-state index is 7.00. The lowest BCUT2D eigenvalue weighted by Crippen LogP contribution is -1.73. The van der Waals surface area contributed by atoms with Gasteiger partial charge in [0.1, 0.15) is 5.15 Å². The minimum Gasteiger partial charge on any atom is -0.400 e. The second kappa shape index (κ2) is 5.21. The Morgan fingerprint density at radius 1 is 1.40 bits per heavy atom. The minimum atomic E-state index is 0.551. The molecule has 1 heterocycles. The van der Waals surface area contributed by atoms with E-state index in [9.17, 15) is 0 Å². The molecule has 0 bridgehead atoms. The van der Waals surface area contributed by atoms with Crippen LogP contribution in [0.25, 0.3) is 0 Å². The molecule has 1 rings (SSSR count). The molecule has 0 amide bonds. The second-order valence-electron chi connectivity index (χ2n) is 1.66. The van der Waals surface area contributed by atoms with Gasteiger partial charge in [-0.15, -0.1) is 0 Å². The number of hydrogen-bond acceptors (Lipinski definition) is 2. The molecule has 3 heteroatoms.